The minimum atomic E-state index is -0.203. The third-order valence-corrected chi connectivity index (χ3v) is 5.47. The molecule has 2 aliphatic rings. The van der Waals surface area contributed by atoms with Crippen molar-refractivity contribution in [3.05, 3.63) is 35.1 Å². The second-order valence-electron chi connectivity index (χ2n) is 6.81. The number of hydrogen-bond donors (Lipinski definition) is 2. The molecule has 1 heterocycles. The molecule has 0 aromatic heterocycles. The number of amides is 1. The van der Waals surface area contributed by atoms with Crippen LogP contribution in [0.5, 0.6) is 0 Å². The molecule has 23 heavy (non-hydrogen) atoms. The van der Waals surface area contributed by atoms with E-state index in [0.29, 0.717) is 12.5 Å². The van der Waals surface area contributed by atoms with Crippen molar-refractivity contribution in [2.45, 2.75) is 39.0 Å². The average Bonchev–Trinajstić information content (AvgIpc) is 2.94. The number of halogens is 2. The molecule has 1 aromatic rings. The maximum Gasteiger partial charge on any atom is 0.227 e. The van der Waals surface area contributed by atoms with E-state index in [1.807, 2.05) is 13.0 Å². The van der Waals surface area contributed by atoms with Crippen LogP contribution < -0.4 is 10.6 Å². The van der Waals surface area contributed by atoms with Crippen molar-refractivity contribution in [1.82, 2.24) is 10.6 Å². The van der Waals surface area contributed by atoms with Crippen molar-refractivity contribution in [3.8, 4) is 0 Å². The first-order valence-corrected chi connectivity index (χ1v) is 8.36. The van der Waals surface area contributed by atoms with Crippen LogP contribution in [0.3, 0.4) is 0 Å². The molecule has 0 radical (unpaired) electrons. The van der Waals surface area contributed by atoms with E-state index in [1.165, 1.54) is 12.5 Å². The zero-order valence-corrected chi connectivity index (χ0v) is 14.5. The summed E-state index contributed by atoms with van der Waals surface area (Å²) in [5.41, 5.74) is 1.87. The molecule has 1 aromatic carbocycles. The molecular formula is C18H26ClFN2O. The van der Waals surface area contributed by atoms with Crippen LogP contribution in [-0.2, 0) is 11.2 Å². The quantitative estimate of drug-likeness (QED) is 0.884. The number of nitrogens with one attached hydrogen (secondary N) is 2. The predicted octanol–water partition coefficient (Wildman–Crippen LogP) is 2.99. The van der Waals surface area contributed by atoms with Gasteiger partial charge in [-0.1, -0.05) is 18.9 Å². The number of aryl methyl sites for hydroxylation is 1. The van der Waals surface area contributed by atoms with Crippen LogP contribution in [0.25, 0.3) is 0 Å². The first-order valence-electron chi connectivity index (χ1n) is 8.36. The number of rotatable bonds is 4. The number of benzene rings is 1. The molecule has 5 heteroatoms. The molecule has 1 aliphatic carbocycles. The largest absolute Gasteiger partial charge is 0.355 e. The van der Waals surface area contributed by atoms with Crippen molar-refractivity contribution in [1.29, 1.82) is 0 Å². The number of carbonyl (C=O) groups is 1. The van der Waals surface area contributed by atoms with Gasteiger partial charge in [0.05, 0.1) is 5.41 Å². The van der Waals surface area contributed by atoms with Crippen LogP contribution in [0, 0.1) is 24.1 Å². The summed E-state index contributed by atoms with van der Waals surface area (Å²) in [6, 6.07) is 4.85. The van der Waals surface area contributed by atoms with Crippen LogP contribution >= 0.6 is 12.4 Å². The Kier molecular flexibility index (Phi) is 6.04. The van der Waals surface area contributed by atoms with Gasteiger partial charge in [0.2, 0.25) is 5.91 Å². The van der Waals surface area contributed by atoms with E-state index >= 15 is 0 Å². The van der Waals surface area contributed by atoms with Gasteiger partial charge >= 0.3 is 0 Å². The van der Waals surface area contributed by atoms with Crippen molar-refractivity contribution in [2.24, 2.45) is 11.3 Å². The van der Waals surface area contributed by atoms with Gasteiger partial charge in [0.15, 0.2) is 0 Å². The summed E-state index contributed by atoms with van der Waals surface area (Å²) in [5, 5.41) is 6.54. The number of carbonyl (C=O) groups excluding carboxylic acids is 1. The third kappa shape index (κ3) is 3.69. The Labute approximate surface area is 143 Å². The Morgan fingerprint density at radius 1 is 1.43 bits per heavy atom. The monoisotopic (exact) mass is 340 g/mol. The topological polar surface area (TPSA) is 41.1 Å². The molecule has 2 fully saturated rings. The Morgan fingerprint density at radius 2 is 2.26 bits per heavy atom. The van der Waals surface area contributed by atoms with E-state index in [2.05, 4.69) is 10.6 Å². The van der Waals surface area contributed by atoms with Crippen molar-refractivity contribution >= 4 is 18.3 Å². The van der Waals surface area contributed by atoms with Gasteiger partial charge in [0.25, 0.3) is 0 Å². The molecule has 2 atom stereocenters. The molecule has 0 unspecified atom stereocenters. The molecule has 0 spiro atoms. The summed E-state index contributed by atoms with van der Waals surface area (Å²) >= 11 is 0. The fourth-order valence-electron chi connectivity index (χ4n) is 4.12. The van der Waals surface area contributed by atoms with Crippen LogP contribution in [0.2, 0.25) is 0 Å². The standard InChI is InChI=1S/C18H25FN2O.ClH/c1-13-10-16(19)6-5-14(13)7-9-21-17(22)18-8-3-2-4-15(18)11-20-12-18;/h5-6,10,15,20H,2-4,7-9,11-12H2,1H3,(H,21,22);1H/t15-,18+;/m0./s1. The lowest BCUT2D eigenvalue weighted by molar-refractivity contribution is -0.133. The van der Waals surface area contributed by atoms with Gasteiger partial charge < -0.3 is 10.6 Å². The van der Waals surface area contributed by atoms with Crippen molar-refractivity contribution in [2.75, 3.05) is 19.6 Å². The highest BCUT2D eigenvalue weighted by Gasteiger charge is 2.49. The lowest BCUT2D eigenvalue weighted by atomic mass is 9.67. The maximum absolute atomic E-state index is 13.1. The summed E-state index contributed by atoms with van der Waals surface area (Å²) in [6.07, 6.45) is 5.33. The van der Waals surface area contributed by atoms with E-state index in [1.54, 1.807) is 6.07 Å². The minimum absolute atomic E-state index is 0. The maximum atomic E-state index is 13.1. The highest BCUT2D eigenvalue weighted by molar-refractivity contribution is 5.85. The van der Waals surface area contributed by atoms with Gasteiger partial charge in [-0.2, -0.15) is 0 Å². The lowest BCUT2D eigenvalue weighted by Crippen LogP contribution is -2.48. The van der Waals surface area contributed by atoms with Crippen molar-refractivity contribution < 1.29 is 9.18 Å². The van der Waals surface area contributed by atoms with E-state index in [4.69, 9.17) is 0 Å². The van der Waals surface area contributed by atoms with E-state index in [9.17, 15) is 9.18 Å². The normalized spacial score (nSPS) is 26.3. The second-order valence-corrected chi connectivity index (χ2v) is 6.81. The Bertz CT molecular complexity index is 566. The van der Waals surface area contributed by atoms with E-state index < -0.39 is 0 Å². The van der Waals surface area contributed by atoms with Crippen LogP contribution in [-0.4, -0.2) is 25.5 Å². The van der Waals surface area contributed by atoms with Gasteiger partial charge in [-0.3, -0.25) is 4.79 Å². The molecule has 1 saturated heterocycles. The lowest BCUT2D eigenvalue weighted by Gasteiger charge is -2.37. The van der Waals surface area contributed by atoms with Gasteiger partial charge in [0, 0.05) is 13.1 Å². The predicted molar refractivity (Wildman–Crippen MR) is 92.4 cm³/mol. The van der Waals surface area contributed by atoms with Crippen LogP contribution in [0.1, 0.15) is 36.8 Å². The molecule has 1 aliphatic heterocycles. The van der Waals surface area contributed by atoms with Gasteiger partial charge in [-0.25, -0.2) is 4.39 Å². The molecule has 2 N–H and O–H groups in total. The summed E-state index contributed by atoms with van der Waals surface area (Å²) < 4.78 is 13.1. The van der Waals surface area contributed by atoms with Crippen LogP contribution in [0.15, 0.2) is 18.2 Å². The summed E-state index contributed by atoms with van der Waals surface area (Å²) in [5.74, 6) is 0.502. The van der Waals surface area contributed by atoms with E-state index in [-0.39, 0.29) is 29.5 Å². The Balaban J connectivity index is 0.00000192. The fraction of sp³-hybridized carbons (Fsp3) is 0.611. The summed E-state index contributed by atoms with van der Waals surface area (Å²) in [4.78, 5) is 12.7. The summed E-state index contributed by atoms with van der Waals surface area (Å²) in [7, 11) is 0. The van der Waals surface area contributed by atoms with Gasteiger partial charge in [-0.15, -0.1) is 12.4 Å². The zero-order chi connectivity index (χ0) is 15.6. The Morgan fingerprint density at radius 3 is 3.04 bits per heavy atom. The van der Waals surface area contributed by atoms with Gasteiger partial charge in [0.1, 0.15) is 5.82 Å². The first kappa shape index (κ1) is 18.2. The molecule has 3 rings (SSSR count). The van der Waals surface area contributed by atoms with E-state index in [0.717, 1.165) is 49.9 Å². The third-order valence-electron chi connectivity index (χ3n) is 5.47. The first-order chi connectivity index (χ1) is 10.6. The highest BCUT2D eigenvalue weighted by Crippen LogP contribution is 2.43. The SMILES string of the molecule is Cc1cc(F)ccc1CCNC(=O)[C@@]12CCCC[C@H]1CNC2.Cl. The van der Waals surface area contributed by atoms with Gasteiger partial charge in [-0.05, 0) is 61.9 Å². The minimum Gasteiger partial charge on any atom is -0.355 e. The molecule has 128 valence electrons. The molecule has 1 amide bonds. The smallest absolute Gasteiger partial charge is 0.227 e. The molecule has 0 bridgehead atoms. The molecule has 1 saturated carbocycles. The molecule has 3 nitrogen and oxygen atoms in total. The average molecular weight is 341 g/mol. The molecular weight excluding hydrogens is 315 g/mol. The Hall–Kier alpha value is -1.13. The number of hydrogen-bond acceptors (Lipinski definition) is 2. The number of fused-ring (bicyclic) bond motifs is 1. The van der Waals surface area contributed by atoms with Crippen LogP contribution in [0.4, 0.5) is 4.39 Å². The second kappa shape index (κ2) is 7.63. The zero-order valence-electron chi connectivity index (χ0n) is 13.7. The fourth-order valence-corrected chi connectivity index (χ4v) is 4.12. The van der Waals surface area contributed by atoms with Crippen molar-refractivity contribution in [3.63, 3.8) is 0 Å². The highest BCUT2D eigenvalue weighted by atomic mass is 35.5. The summed E-state index contributed by atoms with van der Waals surface area (Å²) in [6.45, 7) is 4.33.